The number of aryl methyl sites for hydroxylation is 1. The van der Waals surface area contributed by atoms with Crippen molar-refractivity contribution in [3.63, 3.8) is 0 Å². The summed E-state index contributed by atoms with van der Waals surface area (Å²) in [6, 6.07) is 7.19. The highest BCUT2D eigenvalue weighted by atomic mass is 16.5. The number of methoxy groups -OCH3 is 1. The molecule has 2 aromatic heterocycles. The van der Waals surface area contributed by atoms with Gasteiger partial charge in [-0.3, -0.25) is 4.98 Å². The van der Waals surface area contributed by atoms with Crippen molar-refractivity contribution in [2.75, 3.05) is 12.4 Å². The number of carbonyl (C=O) groups is 1. The third kappa shape index (κ3) is 2.88. The average molecular weight is 246 g/mol. The lowest BCUT2D eigenvalue weighted by Crippen LogP contribution is -2.00. The number of hydrogen-bond acceptors (Lipinski definition) is 5. The molecule has 5 heteroatoms. The fourth-order valence-corrected chi connectivity index (χ4v) is 1.44. The van der Waals surface area contributed by atoms with Gasteiger partial charge in [0, 0.05) is 5.69 Å². The number of furan rings is 1. The van der Waals surface area contributed by atoms with Crippen molar-refractivity contribution < 1.29 is 13.9 Å². The summed E-state index contributed by atoms with van der Waals surface area (Å²) < 4.78 is 9.89. The topological polar surface area (TPSA) is 64.4 Å². The van der Waals surface area contributed by atoms with Gasteiger partial charge in [-0.1, -0.05) is 0 Å². The molecule has 0 aliphatic heterocycles. The van der Waals surface area contributed by atoms with Crippen LogP contribution in [0, 0.1) is 6.92 Å². The first kappa shape index (κ1) is 12.2. The van der Waals surface area contributed by atoms with Gasteiger partial charge in [0.2, 0.25) is 5.76 Å². The number of nitrogens with one attached hydrogen (secondary N) is 1. The SMILES string of the molecule is COC(=O)c1ccc(CNc2ccc(C)nc2)o1. The highest BCUT2D eigenvalue weighted by Crippen LogP contribution is 2.12. The zero-order chi connectivity index (χ0) is 13.0. The normalized spacial score (nSPS) is 10.1. The molecule has 0 bridgehead atoms. The zero-order valence-corrected chi connectivity index (χ0v) is 10.3. The Balaban J connectivity index is 1.96. The molecule has 0 aromatic carbocycles. The van der Waals surface area contributed by atoms with E-state index in [0.717, 1.165) is 11.4 Å². The number of aromatic nitrogens is 1. The molecule has 94 valence electrons. The van der Waals surface area contributed by atoms with E-state index in [2.05, 4.69) is 15.0 Å². The minimum Gasteiger partial charge on any atom is -0.463 e. The van der Waals surface area contributed by atoms with Gasteiger partial charge < -0.3 is 14.5 Å². The molecule has 0 unspecified atom stereocenters. The second kappa shape index (κ2) is 5.35. The Hall–Kier alpha value is -2.30. The number of anilines is 1. The molecule has 0 saturated heterocycles. The van der Waals surface area contributed by atoms with Gasteiger partial charge in [-0.2, -0.15) is 0 Å². The van der Waals surface area contributed by atoms with E-state index in [1.807, 2.05) is 19.1 Å². The van der Waals surface area contributed by atoms with E-state index in [0.29, 0.717) is 12.3 Å². The molecule has 0 spiro atoms. The Bertz CT molecular complexity index is 531. The van der Waals surface area contributed by atoms with Crippen molar-refractivity contribution in [2.45, 2.75) is 13.5 Å². The molecule has 0 amide bonds. The van der Waals surface area contributed by atoms with E-state index in [1.54, 1.807) is 18.3 Å². The highest BCUT2D eigenvalue weighted by molar-refractivity contribution is 5.86. The summed E-state index contributed by atoms with van der Waals surface area (Å²) in [5.74, 6) is 0.394. The lowest BCUT2D eigenvalue weighted by atomic mass is 10.3. The van der Waals surface area contributed by atoms with Gasteiger partial charge in [-0.15, -0.1) is 0 Å². The van der Waals surface area contributed by atoms with Gasteiger partial charge in [0.1, 0.15) is 5.76 Å². The van der Waals surface area contributed by atoms with Crippen molar-refractivity contribution in [1.82, 2.24) is 4.98 Å². The van der Waals surface area contributed by atoms with Crippen molar-refractivity contribution in [3.05, 3.63) is 47.7 Å². The standard InChI is InChI=1S/C13H14N2O3/c1-9-3-4-10(7-14-9)15-8-11-5-6-12(18-11)13(16)17-2/h3-7,15H,8H2,1-2H3. The van der Waals surface area contributed by atoms with Crippen LogP contribution in [0.15, 0.2) is 34.9 Å². The van der Waals surface area contributed by atoms with E-state index >= 15 is 0 Å². The van der Waals surface area contributed by atoms with Gasteiger partial charge in [0.05, 0.1) is 25.5 Å². The number of hydrogen-bond donors (Lipinski definition) is 1. The van der Waals surface area contributed by atoms with Crippen molar-refractivity contribution >= 4 is 11.7 Å². The predicted molar refractivity (Wildman–Crippen MR) is 66.3 cm³/mol. The maximum Gasteiger partial charge on any atom is 0.373 e. The molecule has 0 radical (unpaired) electrons. The molecule has 5 nitrogen and oxygen atoms in total. The van der Waals surface area contributed by atoms with Crippen LogP contribution in [-0.2, 0) is 11.3 Å². The molecule has 2 heterocycles. The third-order valence-corrected chi connectivity index (χ3v) is 2.43. The van der Waals surface area contributed by atoms with E-state index in [-0.39, 0.29) is 5.76 Å². The van der Waals surface area contributed by atoms with Crippen LogP contribution < -0.4 is 5.32 Å². The molecule has 2 rings (SSSR count). The molecule has 0 aliphatic rings. The van der Waals surface area contributed by atoms with Crippen molar-refractivity contribution in [1.29, 1.82) is 0 Å². The van der Waals surface area contributed by atoms with Crippen LogP contribution in [0.4, 0.5) is 5.69 Å². The molecule has 0 atom stereocenters. The second-order valence-electron chi connectivity index (χ2n) is 3.80. The lowest BCUT2D eigenvalue weighted by Gasteiger charge is -2.03. The summed E-state index contributed by atoms with van der Waals surface area (Å²) in [4.78, 5) is 15.4. The van der Waals surface area contributed by atoms with E-state index in [9.17, 15) is 4.79 Å². The quantitative estimate of drug-likeness (QED) is 0.839. The van der Waals surface area contributed by atoms with Gasteiger partial charge in [0.25, 0.3) is 0 Å². The van der Waals surface area contributed by atoms with Gasteiger partial charge in [0.15, 0.2) is 0 Å². The van der Waals surface area contributed by atoms with Crippen LogP contribution >= 0.6 is 0 Å². The minimum absolute atomic E-state index is 0.205. The predicted octanol–water partition coefficient (Wildman–Crippen LogP) is 2.38. The average Bonchev–Trinajstić information content (AvgIpc) is 2.86. The highest BCUT2D eigenvalue weighted by Gasteiger charge is 2.10. The van der Waals surface area contributed by atoms with Gasteiger partial charge in [-0.25, -0.2) is 4.79 Å². The lowest BCUT2D eigenvalue weighted by molar-refractivity contribution is 0.0563. The number of esters is 1. The number of rotatable bonds is 4. The van der Waals surface area contributed by atoms with Gasteiger partial charge in [-0.05, 0) is 31.2 Å². The van der Waals surface area contributed by atoms with Crippen LogP contribution in [0.3, 0.4) is 0 Å². The van der Waals surface area contributed by atoms with Crippen LogP contribution in [0.2, 0.25) is 0 Å². The first-order chi connectivity index (χ1) is 8.69. The van der Waals surface area contributed by atoms with Crippen molar-refractivity contribution in [3.8, 4) is 0 Å². The minimum atomic E-state index is -0.474. The van der Waals surface area contributed by atoms with Crippen LogP contribution in [0.25, 0.3) is 0 Å². The molecule has 0 fully saturated rings. The zero-order valence-electron chi connectivity index (χ0n) is 10.3. The van der Waals surface area contributed by atoms with E-state index in [4.69, 9.17) is 4.42 Å². The monoisotopic (exact) mass is 246 g/mol. The summed E-state index contributed by atoms with van der Waals surface area (Å²) in [5, 5.41) is 3.15. The Morgan fingerprint density at radius 1 is 1.39 bits per heavy atom. The fourth-order valence-electron chi connectivity index (χ4n) is 1.44. The smallest absolute Gasteiger partial charge is 0.373 e. The Labute approximate surface area is 105 Å². The van der Waals surface area contributed by atoms with Crippen molar-refractivity contribution in [2.24, 2.45) is 0 Å². The van der Waals surface area contributed by atoms with Crippen LogP contribution in [0.5, 0.6) is 0 Å². The Kier molecular flexibility index (Phi) is 3.62. The number of carbonyl (C=O) groups excluding carboxylic acids is 1. The summed E-state index contributed by atoms with van der Waals surface area (Å²) in [6.07, 6.45) is 1.75. The Morgan fingerprint density at radius 3 is 2.89 bits per heavy atom. The molecule has 18 heavy (non-hydrogen) atoms. The molecule has 0 aliphatic carbocycles. The molecule has 2 aromatic rings. The van der Waals surface area contributed by atoms with Crippen LogP contribution in [0.1, 0.15) is 22.0 Å². The maximum absolute atomic E-state index is 11.2. The summed E-state index contributed by atoms with van der Waals surface area (Å²) in [6.45, 7) is 2.42. The van der Waals surface area contributed by atoms with E-state index < -0.39 is 5.97 Å². The third-order valence-electron chi connectivity index (χ3n) is 2.43. The first-order valence-electron chi connectivity index (χ1n) is 5.52. The largest absolute Gasteiger partial charge is 0.463 e. The second-order valence-corrected chi connectivity index (χ2v) is 3.80. The Morgan fingerprint density at radius 2 is 2.22 bits per heavy atom. The fraction of sp³-hybridized carbons (Fsp3) is 0.231. The number of nitrogens with zero attached hydrogens (tertiary/aromatic N) is 1. The number of pyridine rings is 1. The number of ether oxygens (including phenoxy) is 1. The molecule has 0 saturated carbocycles. The maximum atomic E-state index is 11.2. The summed E-state index contributed by atoms with van der Waals surface area (Å²) >= 11 is 0. The molecular weight excluding hydrogens is 232 g/mol. The summed E-state index contributed by atoms with van der Waals surface area (Å²) in [7, 11) is 1.32. The van der Waals surface area contributed by atoms with Gasteiger partial charge >= 0.3 is 5.97 Å². The van der Waals surface area contributed by atoms with E-state index in [1.165, 1.54) is 7.11 Å². The molecule has 1 N–H and O–H groups in total. The van der Waals surface area contributed by atoms with Crippen LogP contribution in [-0.4, -0.2) is 18.1 Å². The first-order valence-corrected chi connectivity index (χ1v) is 5.52. The molecular formula is C13H14N2O3. The summed E-state index contributed by atoms with van der Waals surface area (Å²) in [5.41, 5.74) is 1.86.